The highest BCUT2D eigenvalue weighted by atomic mass is 16.6. The molecule has 1 aromatic rings. The van der Waals surface area contributed by atoms with Crippen LogP contribution in [0.15, 0.2) is 24.3 Å². The van der Waals surface area contributed by atoms with Crippen LogP contribution in [0.25, 0.3) is 0 Å². The van der Waals surface area contributed by atoms with Crippen molar-refractivity contribution >= 4 is 11.7 Å². The van der Waals surface area contributed by atoms with Gasteiger partial charge < -0.3 is 4.74 Å². The molecule has 0 spiro atoms. The lowest BCUT2D eigenvalue weighted by molar-refractivity contribution is -0.385. The summed E-state index contributed by atoms with van der Waals surface area (Å²) in [5.74, 6) is -0.451. The van der Waals surface area contributed by atoms with Crippen molar-refractivity contribution in [1.29, 1.82) is 0 Å². The van der Waals surface area contributed by atoms with E-state index in [1.165, 1.54) is 18.2 Å². The van der Waals surface area contributed by atoms with Gasteiger partial charge in [0.05, 0.1) is 4.92 Å². The van der Waals surface area contributed by atoms with E-state index in [1.807, 2.05) is 6.92 Å². The molecule has 80 valence electrons. The predicted octanol–water partition coefficient (Wildman–Crippen LogP) is 2.30. The van der Waals surface area contributed by atoms with Crippen LogP contribution in [0.1, 0.15) is 19.8 Å². The number of carbonyl (C=O) groups is 1. The van der Waals surface area contributed by atoms with Gasteiger partial charge in [-0.3, -0.25) is 14.9 Å². The van der Waals surface area contributed by atoms with Crippen LogP contribution in [0.5, 0.6) is 5.75 Å². The van der Waals surface area contributed by atoms with Gasteiger partial charge in [-0.05, 0) is 12.5 Å². The van der Waals surface area contributed by atoms with Crippen molar-refractivity contribution in [3.63, 3.8) is 0 Å². The quantitative estimate of drug-likeness (QED) is 0.330. The first kappa shape index (κ1) is 11.2. The number of hydrogen-bond donors (Lipinski definition) is 0. The van der Waals surface area contributed by atoms with E-state index < -0.39 is 10.9 Å². The number of carbonyl (C=O) groups excluding carboxylic acids is 1. The first-order chi connectivity index (χ1) is 7.15. The smallest absolute Gasteiger partial charge is 0.311 e. The maximum absolute atomic E-state index is 11.1. The molecule has 1 aromatic carbocycles. The summed E-state index contributed by atoms with van der Waals surface area (Å²) in [6.45, 7) is 1.83. The van der Waals surface area contributed by atoms with Gasteiger partial charge in [0.2, 0.25) is 5.75 Å². The number of rotatable bonds is 4. The van der Waals surface area contributed by atoms with E-state index in [0.717, 1.165) is 0 Å². The summed E-state index contributed by atoms with van der Waals surface area (Å²) in [6.07, 6.45) is 0.908. The molecular weight excluding hydrogens is 198 g/mol. The fourth-order valence-electron chi connectivity index (χ4n) is 1.07. The van der Waals surface area contributed by atoms with Gasteiger partial charge in [0.1, 0.15) is 0 Å². The van der Waals surface area contributed by atoms with Crippen molar-refractivity contribution in [1.82, 2.24) is 0 Å². The van der Waals surface area contributed by atoms with Crippen LogP contribution in [-0.2, 0) is 4.79 Å². The molecule has 0 unspecified atom stereocenters. The molecule has 0 saturated heterocycles. The molecular formula is C10H11NO4. The number of benzene rings is 1. The van der Waals surface area contributed by atoms with E-state index in [4.69, 9.17) is 4.74 Å². The maximum atomic E-state index is 11.1. The van der Waals surface area contributed by atoms with E-state index in [9.17, 15) is 14.9 Å². The van der Waals surface area contributed by atoms with Crippen LogP contribution in [0.2, 0.25) is 0 Å². The monoisotopic (exact) mass is 209 g/mol. The van der Waals surface area contributed by atoms with Crippen molar-refractivity contribution in [2.24, 2.45) is 0 Å². The summed E-state index contributed by atoms with van der Waals surface area (Å²) in [7, 11) is 0. The van der Waals surface area contributed by atoms with Crippen molar-refractivity contribution in [3.05, 3.63) is 34.4 Å². The first-order valence-corrected chi connectivity index (χ1v) is 4.59. The van der Waals surface area contributed by atoms with Gasteiger partial charge in [0.25, 0.3) is 0 Å². The minimum atomic E-state index is -0.575. The van der Waals surface area contributed by atoms with Crippen molar-refractivity contribution in [3.8, 4) is 5.75 Å². The Morgan fingerprint density at radius 1 is 1.47 bits per heavy atom. The third-order valence-corrected chi connectivity index (χ3v) is 1.74. The number of esters is 1. The zero-order valence-corrected chi connectivity index (χ0v) is 8.30. The molecule has 0 N–H and O–H groups in total. The standard InChI is InChI=1S/C10H11NO4/c1-2-5-10(12)15-9-7-4-3-6-8(9)11(13)14/h3-4,6-7H,2,5H2,1H3. The average molecular weight is 209 g/mol. The van der Waals surface area contributed by atoms with E-state index in [-0.39, 0.29) is 17.9 Å². The molecule has 0 aliphatic rings. The van der Waals surface area contributed by atoms with Gasteiger partial charge in [-0.15, -0.1) is 0 Å². The molecule has 1 rings (SSSR count). The highest BCUT2D eigenvalue weighted by molar-refractivity contribution is 5.73. The Kier molecular flexibility index (Phi) is 3.79. The molecule has 0 aromatic heterocycles. The Morgan fingerprint density at radius 2 is 2.13 bits per heavy atom. The van der Waals surface area contributed by atoms with Crippen LogP contribution in [0, 0.1) is 10.1 Å². The molecule has 0 saturated carbocycles. The van der Waals surface area contributed by atoms with E-state index >= 15 is 0 Å². The first-order valence-electron chi connectivity index (χ1n) is 4.59. The normalized spacial score (nSPS) is 9.67. The van der Waals surface area contributed by atoms with Gasteiger partial charge in [0.15, 0.2) is 0 Å². The van der Waals surface area contributed by atoms with Crippen LogP contribution >= 0.6 is 0 Å². The summed E-state index contributed by atoms with van der Waals surface area (Å²) in [5.41, 5.74) is -0.193. The van der Waals surface area contributed by atoms with Gasteiger partial charge in [-0.25, -0.2) is 0 Å². The number of ether oxygens (including phenoxy) is 1. The Hall–Kier alpha value is -1.91. The molecule has 5 nitrogen and oxygen atoms in total. The maximum Gasteiger partial charge on any atom is 0.311 e. The van der Waals surface area contributed by atoms with Gasteiger partial charge >= 0.3 is 11.7 Å². The summed E-state index contributed by atoms with van der Waals surface area (Å²) >= 11 is 0. The van der Waals surface area contributed by atoms with Crippen molar-refractivity contribution in [2.45, 2.75) is 19.8 Å². The number of para-hydroxylation sites is 2. The fourth-order valence-corrected chi connectivity index (χ4v) is 1.07. The average Bonchev–Trinajstić information content (AvgIpc) is 2.18. The lowest BCUT2D eigenvalue weighted by atomic mass is 10.3. The molecule has 0 radical (unpaired) electrons. The number of nitro groups is 1. The Morgan fingerprint density at radius 3 is 2.73 bits per heavy atom. The van der Waals surface area contributed by atoms with E-state index in [2.05, 4.69) is 0 Å². The lowest BCUT2D eigenvalue weighted by Gasteiger charge is -2.03. The molecule has 0 fully saturated rings. The molecule has 0 heterocycles. The molecule has 0 bridgehead atoms. The number of nitro benzene ring substituents is 1. The SMILES string of the molecule is CCCC(=O)Oc1ccccc1[N+](=O)[O-]. The minimum absolute atomic E-state index is 0.000880. The number of hydrogen-bond acceptors (Lipinski definition) is 4. The summed E-state index contributed by atoms with van der Waals surface area (Å²) in [5, 5.41) is 10.6. The second-order valence-corrected chi connectivity index (χ2v) is 2.95. The van der Waals surface area contributed by atoms with Crippen LogP contribution in [-0.4, -0.2) is 10.9 Å². The van der Waals surface area contributed by atoms with Gasteiger partial charge in [0, 0.05) is 12.5 Å². The minimum Gasteiger partial charge on any atom is -0.419 e. The summed E-state index contributed by atoms with van der Waals surface area (Å²) < 4.78 is 4.87. The van der Waals surface area contributed by atoms with Crippen molar-refractivity contribution in [2.75, 3.05) is 0 Å². The topological polar surface area (TPSA) is 69.4 Å². The zero-order valence-electron chi connectivity index (χ0n) is 8.30. The fraction of sp³-hybridized carbons (Fsp3) is 0.300. The highest BCUT2D eigenvalue weighted by Gasteiger charge is 2.16. The second kappa shape index (κ2) is 5.09. The van der Waals surface area contributed by atoms with E-state index in [1.54, 1.807) is 6.07 Å². The molecule has 15 heavy (non-hydrogen) atoms. The predicted molar refractivity (Wildman–Crippen MR) is 53.6 cm³/mol. The molecule has 0 amide bonds. The highest BCUT2D eigenvalue weighted by Crippen LogP contribution is 2.26. The number of nitrogens with zero attached hydrogens (tertiary/aromatic N) is 1. The van der Waals surface area contributed by atoms with Crippen LogP contribution in [0.4, 0.5) is 5.69 Å². The Balaban J connectivity index is 2.84. The zero-order chi connectivity index (χ0) is 11.3. The van der Waals surface area contributed by atoms with E-state index in [0.29, 0.717) is 6.42 Å². The summed E-state index contributed by atoms with van der Waals surface area (Å²) in [6, 6.07) is 5.82. The van der Waals surface area contributed by atoms with Crippen LogP contribution in [0.3, 0.4) is 0 Å². The third-order valence-electron chi connectivity index (χ3n) is 1.74. The Bertz CT molecular complexity index is 375. The molecule has 0 atom stereocenters. The Labute approximate surface area is 86.8 Å². The summed E-state index contributed by atoms with van der Waals surface area (Å²) in [4.78, 5) is 21.1. The van der Waals surface area contributed by atoms with Gasteiger partial charge in [-0.1, -0.05) is 19.1 Å². The molecule has 5 heteroatoms. The van der Waals surface area contributed by atoms with Crippen LogP contribution < -0.4 is 4.74 Å². The lowest BCUT2D eigenvalue weighted by Crippen LogP contribution is -2.08. The molecule has 0 aliphatic carbocycles. The van der Waals surface area contributed by atoms with Gasteiger partial charge in [-0.2, -0.15) is 0 Å². The third kappa shape index (κ3) is 3.05. The second-order valence-electron chi connectivity index (χ2n) is 2.95. The van der Waals surface area contributed by atoms with Crippen molar-refractivity contribution < 1.29 is 14.5 Å². The largest absolute Gasteiger partial charge is 0.419 e. The molecule has 0 aliphatic heterocycles.